The first-order chi connectivity index (χ1) is 11.7. The highest BCUT2D eigenvalue weighted by Gasteiger charge is 2.39. The molecular formula is C17H18FN3O3. The van der Waals surface area contributed by atoms with E-state index in [1.807, 2.05) is 6.92 Å². The molecule has 1 amide bonds. The van der Waals surface area contributed by atoms with Crippen molar-refractivity contribution in [1.29, 1.82) is 0 Å². The van der Waals surface area contributed by atoms with Crippen LogP contribution in [-0.2, 0) is 17.6 Å². The molecule has 0 aliphatic carbocycles. The third kappa shape index (κ3) is 2.53. The first-order valence-corrected chi connectivity index (χ1v) is 8.23. The second kappa shape index (κ2) is 5.89. The lowest BCUT2D eigenvalue weighted by molar-refractivity contribution is -0.139. The Kier molecular flexibility index (Phi) is 3.70. The maximum absolute atomic E-state index is 13.3. The summed E-state index contributed by atoms with van der Waals surface area (Å²) in [5.74, 6) is 1.29. The van der Waals surface area contributed by atoms with Crippen LogP contribution < -0.4 is 4.74 Å². The van der Waals surface area contributed by atoms with Gasteiger partial charge < -0.3 is 14.2 Å². The highest BCUT2D eigenvalue weighted by molar-refractivity contribution is 5.83. The molecule has 2 atom stereocenters. The SMILES string of the molecule is CCc1nc([C@H]2CCCN2C(=O)[C@H]2Cc3cc(F)ccc3O2)no1. The molecule has 0 radical (unpaired) electrons. The number of fused-ring (bicyclic) bond motifs is 1. The smallest absolute Gasteiger partial charge is 0.264 e. The number of hydrogen-bond donors (Lipinski definition) is 0. The van der Waals surface area contributed by atoms with Gasteiger partial charge in [0.1, 0.15) is 11.6 Å². The van der Waals surface area contributed by atoms with E-state index in [-0.39, 0.29) is 17.8 Å². The summed E-state index contributed by atoms with van der Waals surface area (Å²) in [6, 6.07) is 4.17. The van der Waals surface area contributed by atoms with Crippen LogP contribution >= 0.6 is 0 Å². The highest BCUT2D eigenvalue weighted by atomic mass is 19.1. The van der Waals surface area contributed by atoms with Gasteiger partial charge in [-0.1, -0.05) is 12.1 Å². The number of benzene rings is 1. The van der Waals surface area contributed by atoms with Crippen LogP contribution in [0.15, 0.2) is 22.7 Å². The van der Waals surface area contributed by atoms with E-state index in [1.165, 1.54) is 12.1 Å². The number of aryl methyl sites for hydroxylation is 1. The molecule has 1 aromatic carbocycles. The largest absolute Gasteiger partial charge is 0.480 e. The second-order valence-electron chi connectivity index (χ2n) is 6.15. The molecule has 126 valence electrons. The van der Waals surface area contributed by atoms with Crippen LogP contribution in [0.1, 0.15) is 43.1 Å². The molecule has 6 nitrogen and oxygen atoms in total. The fourth-order valence-corrected chi connectivity index (χ4v) is 3.39. The molecule has 2 aliphatic rings. The summed E-state index contributed by atoms with van der Waals surface area (Å²) in [6.07, 6.45) is 2.14. The predicted molar refractivity (Wildman–Crippen MR) is 81.9 cm³/mol. The first-order valence-electron chi connectivity index (χ1n) is 8.23. The van der Waals surface area contributed by atoms with Crippen molar-refractivity contribution in [3.63, 3.8) is 0 Å². The van der Waals surface area contributed by atoms with Crippen molar-refractivity contribution < 1.29 is 18.4 Å². The Balaban J connectivity index is 1.52. The Hall–Kier alpha value is -2.44. The van der Waals surface area contributed by atoms with Gasteiger partial charge in [0.05, 0.1) is 6.04 Å². The van der Waals surface area contributed by atoms with Crippen molar-refractivity contribution in [3.05, 3.63) is 41.3 Å². The van der Waals surface area contributed by atoms with Gasteiger partial charge >= 0.3 is 0 Å². The fraction of sp³-hybridized carbons (Fsp3) is 0.471. The molecule has 24 heavy (non-hydrogen) atoms. The molecule has 1 saturated heterocycles. The number of halogens is 1. The topological polar surface area (TPSA) is 68.5 Å². The zero-order chi connectivity index (χ0) is 16.7. The molecule has 7 heteroatoms. The summed E-state index contributed by atoms with van der Waals surface area (Å²) < 4.78 is 24.2. The number of amides is 1. The van der Waals surface area contributed by atoms with Crippen molar-refractivity contribution in [2.45, 2.75) is 44.8 Å². The Morgan fingerprint density at radius 3 is 3.12 bits per heavy atom. The third-order valence-corrected chi connectivity index (χ3v) is 4.59. The summed E-state index contributed by atoms with van der Waals surface area (Å²) in [5.41, 5.74) is 0.733. The van der Waals surface area contributed by atoms with Gasteiger partial charge in [0.25, 0.3) is 5.91 Å². The molecule has 1 fully saturated rings. The lowest BCUT2D eigenvalue weighted by atomic mass is 10.1. The molecule has 0 saturated carbocycles. The maximum atomic E-state index is 13.3. The molecule has 1 aromatic heterocycles. The first kappa shape index (κ1) is 15.1. The van der Waals surface area contributed by atoms with E-state index in [4.69, 9.17) is 9.26 Å². The van der Waals surface area contributed by atoms with Gasteiger partial charge in [0.2, 0.25) is 5.89 Å². The van der Waals surface area contributed by atoms with E-state index in [0.717, 1.165) is 18.4 Å². The van der Waals surface area contributed by atoms with Crippen LogP contribution in [-0.4, -0.2) is 33.6 Å². The van der Waals surface area contributed by atoms with E-state index < -0.39 is 6.10 Å². The van der Waals surface area contributed by atoms with Gasteiger partial charge in [-0.25, -0.2) is 4.39 Å². The molecule has 3 heterocycles. The fourth-order valence-electron chi connectivity index (χ4n) is 3.39. The van der Waals surface area contributed by atoms with E-state index in [9.17, 15) is 9.18 Å². The Bertz CT molecular complexity index is 776. The van der Waals surface area contributed by atoms with Crippen molar-refractivity contribution >= 4 is 5.91 Å². The van der Waals surface area contributed by atoms with Crippen molar-refractivity contribution in [2.24, 2.45) is 0 Å². The molecule has 0 N–H and O–H groups in total. The van der Waals surface area contributed by atoms with Crippen molar-refractivity contribution in [2.75, 3.05) is 6.54 Å². The van der Waals surface area contributed by atoms with Gasteiger partial charge in [0, 0.05) is 24.9 Å². The van der Waals surface area contributed by atoms with Crippen LogP contribution in [0.5, 0.6) is 5.75 Å². The monoisotopic (exact) mass is 331 g/mol. The van der Waals surface area contributed by atoms with Gasteiger partial charge in [0.15, 0.2) is 11.9 Å². The number of likely N-dealkylation sites (tertiary alicyclic amines) is 1. The van der Waals surface area contributed by atoms with E-state index in [1.54, 1.807) is 11.0 Å². The van der Waals surface area contributed by atoms with E-state index in [0.29, 0.717) is 36.9 Å². The standard InChI is InChI=1S/C17H18FN3O3/c1-2-15-19-16(20-24-15)12-4-3-7-21(12)17(22)14-9-10-8-11(18)5-6-13(10)23-14/h5-6,8,12,14H,2-4,7,9H2,1H3/t12-,14-/m1/s1. The average molecular weight is 331 g/mol. The summed E-state index contributed by atoms with van der Waals surface area (Å²) in [7, 11) is 0. The molecule has 0 spiro atoms. The van der Waals surface area contributed by atoms with Crippen molar-refractivity contribution in [3.8, 4) is 5.75 Å². The van der Waals surface area contributed by atoms with Crippen LogP contribution in [0.2, 0.25) is 0 Å². The summed E-state index contributed by atoms with van der Waals surface area (Å²) in [6.45, 7) is 2.58. The number of aromatic nitrogens is 2. The highest BCUT2D eigenvalue weighted by Crippen LogP contribution is 2.35. The third-order valence-electron chi connectivity index (χ3n) is 4.59. The lowest BCUT2D eigenvalue weighted by Crippen LogP contribution is -2.41. The minimum atomic E-state index is -0.611. The minimum absolute atomic E-state index is 0.100. The molecule has 4 rings (SSSR count). The number of carbonyl (C=O) groups excluding carboxylic acids is 1. The number of hydrogen-bond acceptors (Lipinski definition) is 5. The molecule has 0 bridgehead atoms. The van der Waals surface area contributed by atoms with Gasteiger partial charge in [-0.2, -0.15) is 4.98 Å². The zero-order valence-electron chi connectivity index (χ0n) is 13.4. The summed E-state index contributed by atoms with van der Waals surface area (Å²) in [4.78, 5) is 19.0. The van der Waals surface area contributed by atoms with Gasteiger partial charge in [-0.3, -0.25) is 4.79 Å². The van der Waals surface area contributed by atoms with Gasteiger partial charge in [-0.15, -0.1) is 0 Å². The summed E-state index contributed by atoms with van der Waals surface area (Å²) >= 11 is 0. The Morgan fingerprint density at radius 2 is 2.33 bits per heavy atom. The zero-order valence-corrected chi connectivity index (χ0v) is 13.4. The maximum Gasteiger partial charge on any atom is 0.264 e. The summed E-state index contributed by atoms with van der Waals surface area (Å²) in [5, 5.41) is 4.01. The van der Waals surface area contributed by atoms with E-state index in [2.05, 4.69) is 10.1 Å². The molecule has 0 unspecified atom stereocenters. The Morgan fingerprint density at radius 1 is 1.46 bits per heavy atom. The normalized spacial score (nSPS) is 22.5. The number of carbonyl (C=O) groups is 1. The van der Waals surface area contributed by atoms with Gasteiger partial charge in [-0.05, 0) is 31.0 Å². The number of nitrogens with zero attached hydrogens (tertiary/aromatic N) is 3. The molecule has 2 aromatic rings. The lowest BCUT2D eigenvalue weighted by Gasteiger charge is -2.25. The quantitative estimate of drug-likeness (QED) is 0.864. The Labute approximate surface area is 138 Å². The van der Waals surface area contributed by atoms with Crippen LogP contribution in [0, 0.1) is 5.82 Å². The average Bonchev–Trinajstić information content (AvgIpc) is 3.31. The number of rotatable bonds is 3. The molecular weight excluding hydrogens is 313 g/mol. The minimum Gasteiger partial charge on any atom is -0.480 e. The second-order valence-corrected chi connectivity index (χ2v) is 6.15. The predicted octanol–water partition coefficient (Wildman–Crippen LogP) is 2.44. The van der Waals surface area contributed by atoms with Crippen molar-refractivity contribution in [1.82, 2.24) is 15.0 Å². The number of ether oxygens (including phenoxy) is 1. The van der Waals surface area contributed by atoms with Crippen LogP contribution in [0.4, 0.5) is 4.39 Å². The van der Waals surface area contributed by atoms with E-state index >= 15 is 0 Å². The molecule has 2 aliphatic heterocycles. The van der Waals surface area contributed by atoms with Crippen LogP contribution in [0.25, 0.3) is 0 Å². The van der Waals surface area contributed by atoms with Crippen LogP contribution in [0.3, 0.4) is 0 Å².